The number of urea groups is 2. The van der Waals surface area contributed by atoms with Crippen LogP contribution >= 0.6 is 0 Å². The predicted molar refractivity (Wildman–Crippen MR) is 136 cm³/mol. The van der Waals surface area contributed by atoms with Gasteiger partial charge in [-0.3, -0.25) is 9.69 Å². The lowest BCUT2D eigenvalue weighted by Crippen LogP contribution is -2.55. The molecule has 0 aromatic heterocycles. The molecule has 9 heteroatoms. The number of rotatable bonds is 8. The van der Waals surface area contributed by atoms with Gasteiger partial charge in [0.1, 0.15) is 11.3 Å². The van der Waals surface area contributed by atoms with Crippen molar-refractivity contribution in [2.24, 2.45) is 0 Å². The summed E-state index contributed by atoms with van der Waals surface area (Å²) in [6.07, 6.45) is 1.88. The van der Waals surface area contributed by atoms with Crippen molar-refractivity contribution in [3.05, 3.63) is 65.7 Å². The van der Waals surface area contributed by atoms with Crippen LogP contribution in [0.4, 0.5) is 9.59 Å². The second-order valence-electron chi connectivity index (χ2n) is 9.69. The lowest BCUT2D eigenvalue weighted by atomic mass is 9.87. The van der Waals surface area contributed by atoms with Crippen molar-refractivity contribution in [1.82, 2.24) is 25.3 Å². The summed E-state index contributed by atoms with van der Waals surface area (Å²) in [6.45, 7) is 2.42. The second-order valence-corrected chi connectivity index (χ2v) is 9.69. The third-order valence-corrected chi connectivity index (χ3v) is 7.10. The van der Waals surface area contributed by atoms with Gasteiger partial charge >= 0.3 is 12.1 Å². The van der Waals surface area contributed by atoms with Crippen molar-refractivity contribution in [3.8, 4) is 5.75 Å². The molecule has 2 saturated heterocycles. The molecule has 0 bridgehead atoms. The SMILES string of the molecule is COc1ccc(CN2C(=O)NC3(CCN(CCC(NC(=O)N(C)C)c4ccccc4)CC3)C2=O)cc1. The molecule has 2 aliphatic heterocycles. The summed E-state index contributed by atoms with van der Waals surface area (Å²) in [7, 11) is 5.06. The van der Waals surface area contributed by atoms with Crippen molar-refractivity contribution in [1.29, 1.82) is 0 Å². The van der Waals surface area contributed by atoms with Crippen molar-refractivity contribution in [3.63, 3.8) is 0 Å². The number of nitrogens with zero attached hydrogens (tertiary/aromatic N) is 3. The predicted octanol–water partition coefficient (Wildman–Crippen LogP) is 2.98. The van der Waals surface area contributed by atoms with E-state index in [1.165, 1.54) is 9.80 Å². The third kappa shape index (κ3) is 5.62. The van der Waals surface area contributed by atoms with E-state index in [1.54, 1.807) is 21.2 Å². The molecule has 4 rings (SSSR count). The van der Waals surface area contributed by atoms with E-state index in [1.807, 2.05) is 54.6 Å². The van der Waals surface area contributed by atoms with Crippen molar-refractivity contribution < 1.29 is 19.1 Å². The Bertz CT molecular complexity index is 1070. The van der Waals surface area contributed by atoms with Crippen molar-refractivity contribution in [2.75, 3.05) is 40.8 Å². The number of ether oxygens (including phenoxy) is 1. The lowest BCUT2D eigenvalue weighted by Gasteiger charge is -2.38. The molecule has 2 aromatic rings. The average molecular weight is 494 g/mol. The number of piperidine rings is 1. The fraction of sp³-hybridized carbons (Fsp3) is 0.444. The minimum atomic E-state index is -0.835. The molecular formula is C27H35N5O4. The monoisotopic (exact) mass is 493 g/mol. The van der Waals surface area contributed by atoms with Gasteiger partial charge in [0, 0.05) is 33.7 Å². The fourth-order valence-corrected chi connectivity index (χ4v) is 4.83. The number of carbonyl (C=O) groups excluding carboxylic acids is 3. The average Bonchev–Trinajstić information content (AvgIpc) is 3.12. The van der Waals surface area contributed by atoms with Crippen LogP contribution in [0.3, 0.4) is 0 Å². The topological polar surface area (TPSA) is 94.2 Å². The maximum absolute atomic E-state index is 13.3. The minimum absolute atomic E-state index is 0.107. The van der Waals surface area contributed by atoms with E-state index in [-0.39, 0.29) is 30.6 Å². The molecule has 0 radical (unpaired) electrons. The van der Waals surface area contributed by atoms with Gasteiger partial charge < -0.3 is 25.2 Å². The highest BCUT2D eigenvalue weighted by Gasteiger charge is 2.52. The molecule has 1 spiro atoms. The maximum Gasteiger partial charge on any atom is 0.325 e. The number of benzene rings is 2. The Morgan fingerprint density at radius 2 is 1.75 bits per heavy atom. The lowest BCUT2D eigenvalue weighted by molar-refractivity contribution is -0.133. The van der Waals surface area contributed by atoms with Gasteiger partial charge in [-0.15, -0.1) is 0 Å². The molecule has 0 aliphatic carbocycles. The van der Waals surface area contributed by atoms with Crippen LogP contribution in [0.15, 0.2) is 54.6 Å². The summed E-state index contributed by atoms with van der Waals surface area (Å²) in [6, 6.07) is 16.8. The van der Waals surface area contributed by atoms with Gasteiger partial charge in [0.05, 0.1) is 19.7 Å². The van der Waals surface area contributed by atoms with Crippen LogP contribution in [-0.2, 0) is 11.3 Å². The first kappa shape index (κ1) is 25.5. The number of amides is 5. The van der Waals surface area contributed by atoms with E-state index in [2.05, 4.69) is 15.5 Å². The summed E-state index contributed by atoms with van der Waals surface area (Å²) >= 11 is 0. The molecule has 0 saturated carbocycles. The van der Waals surface area contributed by atoms with E-state index in [0.29, 0.717) is 25.9 Å². The fourth-order valence-electron chi connectivity index (χ4n) is 4.83. The number of hydrogen-bond acceptors (Lipinski definition) is 5. The molecule has 9 nitrogen and oxygen atoms in total. The van der Waals surface area contributed by atoms with Crippen LogP contribution in [0.2, 0.25) is 0 Å². The Morgan fingerprint density at radius 1 is 1.08 bits per heavy atom. The van der Waals surface area contributed by atoms with Crippen LogP contribution in [0.5, 0.6) is 5.75 Å². The number of nitrogens with one attached hydrogen (secondary N) is 2. The van der Waals surface area contributed by atoms with Gasteiger partial charge in [-0.05, 0) is 42.5 Å². The van der Waals surface area contributed by atoms with E-state index in [4.69, 9.17) is 4.74 Å². The Kier molecular flexibility index (Phi) is 7.79. The molecule has 2 aliphatic rings. The van der Waals surface area contributed by atoms with Gasteiger partial charge in [-0.25, -0.2) is 9.59 Å². The van der Waals surface area contributed by atoms with E-state index in [9.17, 15) is 14.4 Å². The highest BCUT2D eigenvalue weighted by molar-refractivity contribution is 6.07. The van der Waals surface area contributed by atoms with E-state index < -0.39 is 5.54 Å². The molecule has 1 atom stereocenters. The Balaban J connectivity index is 1.34. The number of likely N-dealkylation sites (tertiary alicyclic amines) is 1. The summed E-state index contributed by atoms with van der Waals surface area (Å²) in [5.41, 5.74) is 1.10. The molecule has 5 amide bonds. The molecule has 2 heterocycles. The minimum Gasteiger partial charge on any atom is -0.497 e. The first-order valence-electron chi connectivity index (χ1n) is 12.3. The number of imide groups is 1. The molecule has 1 unspecified atom stereocenters. The van der Waals surface area contributed by atoms with Gasteiger partial charge in [0.15, 0.2) is 0 Å². The maximum atomic E-state index is 13.3. The zero-order chi connectivity index (χ0) is 25.7. The Morgan fingerprint density at radius 3 is 2.36 bits per heavy atom. The van der Waals surface area contributed by atoms with Crippen molar-refractivity contribution >= 4 is 18.0 Å². The van der Waals surface area contributed by atoms with Gasteiger partial charge in [0.25, 0.3) is 5.91 Å². The number of methoxy groups -OCH3 is 1. The molecular weight excluding hydrogens is 458 g/mol. The molecule has 2 fully saturated rings. The molecule has 36 heavy (non-hydrogen) atoms. The zero-order valence-electron chi connectivity index (χ0n) is 21.2. The van der Waals surface area contributed by atoms with Gasteiger partial charge in [-0.2, -0.15) is 0 Å². The number of carbonyl (C=O) groups is 3. The first-order chi connectivity index (χ1) is 17.3. The third-order valence-electron chi connectivity index (χ3n) is 7.10. The Labute approximate surface area is 212 Å². The second kappa shape index (κ2) is 11.0. The smallest absolute Gasteiger partial charge is 0.325 e. The van der Waals surface area contributed by atoms with Gasteiger partial charge in [-0.1, -0.05) is 42.5 Å². The molecule has 2 N–H and O–H groups in total. The highest BCUT2D eigenvalue weighted by Crippen LogP contribution is 2.31. The van der Waals surface area contributed by atoms with E-state index in [0.717, 1.165) is 29.8 Å². The van der Waals surface area contributed by atoms with Crippen molar-refractivity contribution in [2.45, 2.75) is 37.4 Å². The van der Waals surface area contributed by atoms with Crippen LogP contribution in [-0.4, -0.2) is 79.0 Å². The zero-order valence-corrected chi connectivity index (χ0v) is 21.2. The van der Waals surface area contributed by atoms with E-state index >= 15 is 0 Å². The van der Waals surface area contributed by atoms with Crippen LogP contribution < -0.4 is 15.4 Å². The molecule has 192 valence electrons. The largest absolute Gasteiger partial charge is 0.497 e. The highest BCUT2D eigenvalue weighted by atomic mass is 16.5. The molecule has 2 aromatic carbocycles. The summed E-state index contributed by atoms with van der Waals surface area (Å²) in [5, 5.41) is 6.09. The van der Waals surface area contributed by atoms with Crippen LogP contribution in [0, 0.1) is 0 Å². The van der Waals surface area contributed by atoms with Gasteiger partial charge in [0.2, 0.25) is 0 Å². The quantitative estimate of drug-likeness (QED) is 0.552. The Hall–Kier alpha value is -3.59. The summed E-state index contributed by atoms with van der Waals surface area (Å²) in [4.78, 5) is 43.5. The normalized spacial score (nSPS) is 18.1. The number of hydrogen-bond donors (Lipinski definition) is 2. The standard InChI is InChI=1S/C27H35N5O4/c1-30(2)25(34)28-23(21-7-5-4-6-8-21)13-16-31-17-14-27(15-18-31)24(33)32(26(35)29-27)19-20-9-11-22(36-3)12-10-20/h4-12,23H,13-19H2,1-3H3,(H,28,34)(H,29,35). The van der Waals surface area contributed by atoms with Crippen LogP contribution in [0.25, 0.3) is 0 Å². The summed E-state index contributed by atoms with van der Waals surface area (Å²) in [5.74, 6) is 0.582. The first-order valence-corrected chi connectivity index (χ1v) is 12.3. The summed E-state index contributed by atoms with van der Waals surface area (Å²) < 4.78 is 5.18. The van der Waals surface area contributed by atoms with Crippen LogP contribution in [0.1, 0.15) is 36.4 Å².